The van der Waals surface area contributed by atoms with Crippen LogP contribution in [0.4, 0.5) is 0 Å². The van der Waals surface area contributed by atoms with Crippen molar-refractivity contribution in [2.24, 2.45) is 5.41 Å². The van der Waals surface area contributed by atoms with E-state index in [1.54, 1.807) is 0 Å². The first-order valence-corrected chi connectivity index (χ1v) is 5.25. The second kappa shape index (κ2) is 2.73. The summed E-state index contributed by atoms with van der Waals surface area (Å²) in [5.41, 5.74) is -0.675. The van der Waals surface area contributed by atoms with Crippen LogP contribution in [0.2, 0.25) is 0 Å². The number of amides is 1. The molecule has 1 amide bonds. The monoisotopic (exact) mass is 192 g/mol. The SMILES string of the molecule is CC1(C)CCCN1C(=O)C1(C#N)CC1. The molecule has 1 aliphatic heterocycles. The van der Waals surface area contributed by atoms with E-state index in [2.05, 4.69) is 19.9 Å². The van der Waals surface area contributed by atoms with Gasteiger partial charge in [0.2, 0.25) is 5.91 Å². The van der Waals surface area contributed by atoms with E-state index in [4.69, 9.17) is 5.26 Å². The van der Waals surface area contributed by atoms with Crippen molar-refractivity contribution in [1.29, 1.82) is 5.26 Å². The largest absolute Gasteiger partial charge is 0.336 e. The minimum absolute atomic E-state index is 0.0382. The molecule has 1 saturated carbocycles. The fourth-order valence-corrected chi connectivity index (χ4v) is 2.24. The summed E-state index contributed by atoms with van der Waals surface area (Å²) in [5.74, 6) is 0.0718. The van der Waals surface area contributed by atoms with Gasteiger partial charge in [0.15, 0.2) is 0 Å². The first-order chi connectivity index (χ1) is 6.52. The van der Waals surface area contributed by atoms with Gasteiger partial charge in [0.25, 0.3) is 0 Å². The highest BCUT2D eigenvalue weighted by atomic mass is 16.2. The fourth-order valence-electron chi connectivity index (χ4n) is 2.24. The van der Waals surface area contributed by atoms with E-state index in [9.17, 15) is 4.79 Å². The van der Waals surface area contributed by atoms with Crippen LogP contribution in [-0.2, 0) is 4.79 Å². The Balaban J connectivity index is 2.17. The molecule has 1 aliphatic carbocycles. The van der Waals surface area contributed by atoms with E-state index in [0.29, 0.717) is 0 Å². The van der Waals surface area contributed by atoms with Crippen molar-refractivity contribution in [3.8, 4) is 6.07 Å². The zero-order chi connectivity index (χ0) is 10.4. The van der Waals surface area contributed by atoms with Crippen LogP contribution in [0.5, 0.6) is 0 Å². The van der Waals surface area contributed by atoms with Crippen LogP contribution < -0.4 is 0 Å². The molecule has 0 N–H and O–H groups in total. The molecule has 0 aromatic rings. The number of rotatable bonds is 1. The summed E-state index contributed by atoms with van der Waals surface area (Å²) in [5, 5.41) is 8.96. The summed E-state index contributed by atoms with van der Waals surface area (Å²) < 4.78 is 0. The van der Waals surface area contributed by atoms with E-state index >= 15 is 0 Å². The minimum Gasteiger partial charge on any atom is -0.336 e. The van der Waals surface area contributed by atoms with Crippen molar-refractivity contribution in [1.82, 2.24) is 4.90 Å². The molecular weight excluding hydrogens is 176 g/mol. The maximum absolute atomic E-state index is 12.1. The maximum atomic E-state index is 12.1. The van der Waals surface area contributed by atoms with Gasteiger partial charge in [-0.25, -0.2) is 0 Å². The second-order valence-electron chi connectivity index (χ2n) is 5.07. The van der Waals surface area contributed by atoms with Gasteiger partial charge in [0.05, 0.1) is 6.07 Å². The van der Waals surface area contributed by atoms with E-state index < -0.39 is 5.41 Å². The first-order valence-electron chi connectivity index (χ1n) is 5.25. The Morgan fingerprint density at radius 1 is 1.36 bits per heavy atom. The number of nitrogens with zero attached hydrogens (tertiary/aromatic N) is 2. The molecule has 3 nitrogen and oxygen atoms in total. The Labute approximate surface area is 84.7 Å². The summed E-state index contributed by atoms with van der Waals surface area (Å²) in [6.45, 7) is 5.01. The number of carbonyl (C=O) groups excluding carboxylic acids is 1. The first kappa shape index (κ1) is 9.51. The highest BCUT2D eigenvalue weighted by molar-refractivity contribution is 5.89. The molecule has 2 fully saturated rings. The summed E-state index contributed by atoms with van der Waals surface area (Å²) in [6.07, 6.45) is 3.64. The van der Waals surface area contributed by atoms with Crippen LogP contribution in [0.3, 0.4) is 0 Å². The molecular formula is C11H16N2O. The Bertz CT molecular complexity index is 310. The van der Waals surface area contributed by atoms with Gasteiger partial charge in [0.1, 0.15) is 5.41 Å². The number of hydrogen-bond donors (Lipinski definition) is 0. The molecule has 1 saturated heterocycles. The summed E-state index contributed by atoms with van der Waals surface area (Å²) >= 11 is 0. The molecule has 0 spiro atoms. The topological polar surface area (TPSA) is 44.1 Å². The average Bonchev–Trinajstić information content (AvgIpc) is 2.85. The van der Waals surface area contributed by atoms with Crippen molar-refractivity contribution in [2.45, 2.75) is 45.1 Å². The molecule has 2 rings (SSSR count). The Morgan fingerprint density at radius 3 is 2.36 bits per heavy atom. The van der Waals surface area contributed by atoms with E-state index in [1.807, 2.05) is 4.90 Å². The molecule has 3 heteroatoms. The zero-order valence-electron chi connectivity index (χ0n) is 8.84. The van der Waals surface area contributed by atoms with Gasteiger partial charge in [-0.3, -0.25) is 4.79 Å². The number of hydrogen-bond acceptors (Lipinski definition) is 2. The molecule has 0 unspecified atom stereocenters. The normalized spacial score (nSPS) is 27.1. The third kappa shape index (κ3) is 1.21. The third-order valence-electron chi connectivity index (χ3n) is 3.52. The standard InChI is InChI=1S/C11H16N2O/c1-10(2)4-3-7-13(10)9(14)11(8-12)5-6-11/h3-7H2,1-2H3. The highest BCUT2D eigenvalue weighted by Gasteiger charge is 2.55. The smallest absolute Gasteiger partial charge is 0.243 e. The predicted molar refractivity (Wildman–Crippen MR) is 52.3 cm³/mol. The van der Waals surface area contributed by atoms with Crippen molar-refractivity contribution in [3.63, 3.8) is 0 Å². The van der Waals surface area contributed by atoms with Crippen LogP contribution in [0.25, 0.3) is 0 Å². The van der Waals surface area contributed by atoms with Crippen LogP contribution in [0.15, 0.2) is 0 Å². The molecule has 14 heavy (non-hydrogen) atoms. The molecule has 0 atom stereocenters. The van der Waals surface area contributed by atoms with E-state index in [1.165, 1.54) is 0 Å². The van der Waals surface area contributed by atoms with E-state index in [0.717, 1.165) is 32.2 Å². The van der Waals surface area contributed by atoms with Crippen LogP contribution >= 0.6 is 0 Å². The molecule has 2 aliphatic rings. The van der Waals surface area contributed by atoms with Crippen molar-refractivity contribution >= 4 is 5.91 Å². The lowest BCUT2D eigenvalue weighted by Crippen LogP contribution is -2.46. The average molecular weight is 192 g/mol. The molecule has 1 heterocycles. The van der Waals surface area contributed by atoms with Gasteiger partial charge >= 0.3 is 0 Å². The van der Waals surface area contributed by atoms with Gasteiger partial charge in [-0.15, -0.1) is 0 Å². The molecule has 0 bridgehead atoms. The molecule has 0 aromatic heterocycles. The highest BCUT2D eigenvalue weighted by Crippen LogP contribution is 2.48. The predicted octanol–water partition coefficient (Wildman–Crippen LogP) is 1.69. The molecule has 0 aromatic carbocycles. The third-order valence-corrected chi connectivity index (χ3v) is 3.52. The quantitative estimate of drug-likeness (QED) is 0.634. The lowest BCUT2D eigenvalue weighted by Gasteiger charge is -2.33. The number of nitriles is 1. The van der Waals surface area contributed by atoms with Gasteiger partial charge in [-0.2, -0.15) is 5.26 Å². The van der Waals surface area contributed by atoms with Crippen LogP contribution in [-0.4, -0.2) is 22.9 Å². The van der Waals surface area contributed by atoms with E-state index in [-0.39, 0.29) is 11.4 Å². The number of carbonyl (C=O) groups is 1. The Hall–Kier alpha value is -1.04. The van der Waals surface area contributed by atoms with Crippen molar-refractivity contribution in [2.75, 3.05) is 6.54 Å². The lowest BCUT2D eigenvalue weighted by molar-refractivity contribution is -0.138. The summed E-state index contributed by atoms with van der Waals surface area (Å²) in [4.78, 5) is 14.0. The Kier molecular flexibility index (Phi) is 1.85. The van der Waals surface area contributed by atoms with Crippen LogP contribution in [0, 0.1) is 16.7 Å². The summed E-state index contributed by atoms with van der Waals surface area (Å²) in [7, 11) is 0. The molecule has 76 valence electrons. The Morgan fingerprint density at radius 2 is 2.00 bits per heavy atom. The zero-order valence-corrected chi connectivity index (χ0v) is 8.84. The van der Waals surface area contributed by atoms with Gasteiger partial charge in [-0.05, 0) is 39.5 Å². The van der Waals surface area contributed by atoms with Gasteiger partial charge in [0, 0.05) is 12.1 Å². The molecule has 0 radical (unpaired) electrons. The van der Waals surface area contributed by atoms with Crippen LogP contribution in [0.1, 0.15) is 39.5 Å². The number of likely N-dealkylation sites (tertiary alicyclic amines) is 1. The van der Waals surface area contributed by atoms with Gasteiger partial charge in [-0.1, -0.05) is 0 Å². The van der Waals surface area contributed by atoms with Crippen molar-refractivity contribution < 1.29 is 4.79 Å². The summed E-state index contributed by atoms with van der Waals surface area (Å²) in [6, 6.07) is 2.18. The lowest BCUT2D eigenvalue weighted by atomic mass is 9.99. The second-order valence-corrected chi connectivity index (χ2v) is 5.07. The van der Waals surface area contributed by atoms with Gasteiger partial charge < -0.3 is 4.90 Å². The fraction of sp³-hybridized carbons (Fsp3) is 0.818. The maximum Gasteiger partial charge on any atom is 0.243 e. The van der Waals surface area contributed by atoms with Crippen molar-refractivity contribution in [3.05, 3.63) is 0 Å². The minimum atomic E-state index is -0.637.